The highest BCUT2D eigenvalue weighted by Gasteiger charge is 2.34. The number of likely N-dealkylation sites (tertiary alicyclic amines) is 1. The van der Waals surface area contributed by atoms with Crippen LogP contribution in [0, 0.1) is 11.6 Å². The zero-order chi connectivity index (χ0) is 30.8. The Morgan fingerprint density at radius 2 is 1.72 bits per heavy atom. The summed E-state index contributed by atoms with van der Waals surface area (Å²) >= 11 is 1.01. The number of ether oxygens (including phenoxy) is 1. The highest BCUT2D eigenvalue weighted by atomic mass is 32.2. The summed E-state index contributed by atoms with van der Waals surface area (Å²) in [5, 5.41) is 1.61. The first kappa shape index (κ1) is 30.4. The molecular weight excluding hydrogens is 594 g/mol. The van der Waals surface area contributed by atoms with Gasteiger partial charge in [0, 0.05) is 24.6 Å². The van der Waals surface area contributed by atoms with Crippen LogP contribution < -0.4 is 9.46 Å². The van der Waals surface area contributed by atoms with Gasteiger partial charge in [-0.05, 0) is 91.2 Å². The Labute approximate surface area is 253 Å². The van der Waals surface area contributed by atoms with Crippen molar-refractivity contribution in [1.82, 2.24) is 9.62 Å². The average Bonchev–Trinajstić information content (AvgIpc) is 3.55. The van der Waals surface area contributed by atoms with Gasteiger partial charge >= 0.3 is 0 Å². The van der Waals surface area contributed by atoms with Gasteiger partial charge in [0.1, 0.15) is 9.96 Å². The Balaban J connectivity index is 1.27. The summed E-state index contributed by atoms with van der Waals surface area (Å²) in [4.78, 5) is 28.1. The number of sulfonamides is 1. The summed E-state index contributed by atoms with van der Waals surface area (Å²) in [5.41, 5.74) is 0.967. The van der Waals surface area contributed by atoms with E-state index in [0.717, 1.165) is 41.9 Å². The van der Waals surface area contributed by atoms with E-state index in [-0.39, 0.29) is 16.0 Å². The van der Waals surface area contributed by atoms with Gasteiger partial charge in [0.2, 0.25) is 0 Å². The molecule has 5 rings (SSSR count). The van der Waals surface area contributed by atoms with Gasteiger partial charge in [0.05, 0.1) is 0 Å². The van der Waals surface area contributed by atoms with Gasteiger partial charge in [-0.15, -0.1) is 11.3 Å². The van der Waals surface area contributed by atoms with Gasteiger partial charge in [-0.3, -0.25) is 9.59 Å². The molecule has 1 atom stereocenters. The molecule has 3 aromatic carbocycles. The monoisotopic (exact) mass is 624 g/mol. The van der Waals surface area contributed by atoms with Crippen LogP contribution in [0.4, 0.5) is 8.78 Å². The van der Waals surface area contributed by atoms with Crippen molar-refractivity contribution in [3.05, 3.63) is 107 Å². The zero-order valence-corrected chi connectivity index (χ0v) is 25.2. The minimum Gasteiger partial charge on any atom is -0.478 e. The quantitative estimate of drug-likeness (QED) is 0.246. The number of piperidine rings is 1. The summed E-state index contributed by atoms with van der Waals surface area (Å²) in [7, 11) is -4.01. The van der Waals surface area contributed by atoms with E-state index in [0.29, 0.717) is 35.5 Å². The second-order valence-corrected chi connectivity index (χ2v) is 13.7. The molecule has 1 unspecified atom stereocenters. The molecule has 43 heavy (non-hydrogen) atoms. The van der Waals surface area contributed by atoms with Crippen LogP contribution in [-0.4, -0.2) is 43.8 Å². The van der Waals surface area contributed by atoms with Crippen LogP contribution in [0.5, 0.6) is 5.75 Å². The number of carbonyl (C=O) groups excluding carboxylic acids is 2. The molecule has 2 amide bonds. The summed E-state index contributed by atoms with van der Waals surface area (Å²) in [5.74, 6) is -2.44. The summed E-state index contributed by atoms with van der Waals surface area (Å²) < 4.78 is 60.4. The van der Waals surface area contributed by atoms with E-state index in [9.17, 15) is 26.8 Å². The van der Waals surface area contributed by atoms with Gasteiger partial charge in [-0.2, -0.15) is 0 Å². The van der Waals surface area contributed by atoms with Crippen molar-refractivity contribution in [1.29, 1.82) is 0 Å². The standard InChI is InChI=1S/C32H30F2N2O5S2/c1-32(2,31(38)35-43(39,40)29-12-6-16-42-29)41-26-11-4-8-22(18-26)25-10-5-15-36(20-25)30(37)24-9-3-7-21(17-24)23-13-14-27(33)28(34)19-23/h3-4,6-9,11-14,16-19,25H,5,10,15,20H2,1-2H3,(H,35,38). The van der Waals surface area contributed by atoms with Crippen molar-refractivity contribution in [3.63, 3.8) is 0 Å². The third-order valence-electron chi connectivity index (χ3n) is 7.31. The molecule has 1 aromatic heterocycles. The number of benzene rings is 3. The lowest BCUT2D eigenvalue weighted by atomic mass is 9.90. The van der Waals surface area contributed by atoms with Gasteiger partial charge in [0.25, 0.3) is 21.8 Å². The third kappa shape index (κ3) is 6.94. The lowest BCUT2D eigenvalue weighted by molar-refractivity contribution is -0.132. The Bertz CT molecular complexity index is 1760. The maximum Gasteiger partial charge on any atom is 0.277 e. The maximum absolute atomic E-state index is 13.8. The molecule has 1 aliphatic heterocycles. The number of halogens is 2. The molecule has 4 aromatic rings. The second kappa shape index (κ2) is 12.3. The molecule has 224 valence electrons. The van der Waals surface area contributed by atoms with Crippen LogP contribution >= 0.6 is 11.3 Å². The number of nitrogens with zero attached hydrogens (tertiary/aromatic N) is 1. The Morgan fingerprint density at radius 1 is 0.953 bits per heavy atom. The van der Waals surface area contributed by atoms with E-state index in [1.54, 1.807) is 52.7 Å². The number of hydrogen-bond donors (Lipinski definition) is 1. The van der Waals surface area contributed by atoms with Crippen molar-refractivity contribution < 1.29 is 31.5 Å². The number of hydrogen-bond acceptors (Lipinski definition) is 6. The van der Waals surface area contributed by atoms with Crippen LogP contribution in [0.3, 0.4) is 0 Å². The third-order valence-corrected chi connectivity index (χ3v) is 10.0. The molecule has 1 saturated heterocycles. The molecule has 0 spiro atoms. The van der Waals surface area contributed by atoms with E-state index in [2.05, 4.69) is 4.72 Å². The van der Waals surface area contributed by atoms with Crippen molar-refractivity contribution in [3.8, 4) is 16.9 Å². The SMILES string of the molecule is CC(C)(Oc1cccc(C2CCCN(C(=O)c3cccc(-c4ccc(F)c(F)c4)c3)C2)c1)C(=O)NS(=O)(=O)c1cccs1. The second-order valence-electron chi connectivity index (χ2n) is 10.9. The van der Waals surface area contributed by atoms with E-state index in [4.69, 9.17) is 4.74 Å². The lowest BCUT2D eigenvalue weighted by Crippen LogP contribution is -2.48. The zero-order valence-electron chi connectivity index (χ0n) is 23.5. The molecule has 1 aliphatic rings. The van der Waals surface area contributed by atoms with Crippen LogP contribution in [0.1, 0.15) is 48.5 Å². The fourth-order valence-electron chi connectivity index (χ4n) is 5.01. The first-order valence-corrected chi connectivity index (χ1v) is 16.0. The van der Waals surface area contributed by atoms with E-state index >= 15 is 0 Å². The van der Waals surface area contributed by atoms with Crippen LogP contribution in [0.25, 0.3) is 11.1 Å². The minimum atomic E-state index is -4.01. The molecule has 0 radical (unpaired) electrons. The molecule has 1 N–H and O–H groups in total. The fraction of sp³-hybridized carbons (Fsp3) is 0.250. The molecule has 7 nitrogen and oxygen atoms in total. The van der Waals surface area contributed by atoms with E-state index < -0.39 is 33.2 Å². The first-order chi connectivity index (χ1) is 20.4. The van der Waals surface area contributed by atoms with Gasteiger partial charge in [-0.1, -0.05) is 36.4 Å². The fourth-order valence-corrected chi connectivity index (χ4v) is 7.10. The van der Waals surface area contributed by atoms with Crippen molar-refractivity contribution >= 4 is 33.2 Å². The molecule has 0 aliphatic carbocycles. The molecular formula is C32H30F2N2O5S2. The number of nitrogens with one attached hydrogen (secondary N) is 1. The predicted molar refractivity (Wildman–Crippen MR) is 160 cm³/mol. The van der Waals surface area contributed by atoms with Gasteiger partial charge < -0.3 is 9.64 Å². The summed E-state index contributed by atoms with van der Waals surface area (Å²) in [6.45, 7) is 4.02. The predicted octanol–water partition coefficient (Wildman–Crippen LogP) is 6.38. The number of carbonyl (C=O) groups is 2. The van der Waals surface area contributed by atoms with Gasteiger partial charge in [0.15, 0.2) is 17.2 Å². The Hall–Kier alpha value is -4.09. The first-order valence-electron chi connectivity index (χ1n) is 13.7. The Kier molecular flexibility index (Phi) is 8.66. The van der Waals surface area contributed by atoms with Crippen LogP contribution in [-0.2, 0) is 14.8 Å². The molecule has 0 bridgehead atoms. The summed E-state index contributed by atoms with van der Waals surface area (Å²) in [6.07, 6.45) is 1.61. The smallest absolute Gasteiger partial charge is 0.277 e. The largest absolute Gasteiger partial charge is 0.478 e. The highest BCUT2D eigenvalue weighted by Crippen LogP contribution is 2.32. The normalized spacial score (nSPS) is 15.6. The minimum absolute atomic E-state index is 0.00627. The number of thiophene rings is 1. The number of rotatable bonds is 8. The van der Waals surface area contributed by atoms with E-state index in [1.807, 2.05) is 12.1 Å². The maximum atomic E-state index is 13.8. The average molecular weight is 625 g/mol. The Morgan fingerprint density at radius 3 is 2.47 bits per heavy atom. The molecule has 0 saturated carbocycles. The van der Waals surface area contributed by atoms with Crippen LogP contribution in [0.2, 0.25) is 0 Å². The van der Waals surface area contributed by atoms with Crippen molar-refractivity contribution in [2.45, 2.75) is 42.4 Å². The lowest BCUT2D eigenvalue weighted by Gasteiger charge is -2.33. The molecule has 11 heteroatoms. The number of amides is 2. The molecule has 1 fully saturated rings. The highest BCUT2D eigenvalue weighted by molar-refractivity contribution is 7.92. The topological polar surface area (TPSA) is 92.8 Å². The van der Waals surface area contributed by atoms with Crippen LogP contribution in [0.15, 0.2) is 88.5 Å². The van der Waals surface area contributed by atoms with Crippen molar-refractivity contribution in [2.24, 2.45) is 0 Å². The summed E-state index contributed by atoms with van der Waals surface area (Å²) in [6, 6.07) is 20.7. The van der Waals surface area contributed by atoms with E-state index in [1.165, 1.54) is 26.0 Å². The van der Waals surface area contributed by atoms with Gasteiger partial charge in [-0.25, -0.2) is 21.9 Å². The molecule has 2 heterocycles. The van der Waals surface area contributed by atoms with Crippen molar-refractivity contribution in [2.75, 3.05) is 13.1 Å².